The molecule has 0 fully saturated rings. The molecule has 0 saturated carbocycles. The minimum atomic E-state index is -0.635. The molecule has 0 heterocycles. The molecule has 0 bridgehead atoms. The quantitative estimate of drug-likeness (QED) is 0.384. The number of hydrogen-bond donors (Lipinski definition) is 1. The molecule has 0 spiro atoms. The smallest absolute Gasteiger partial charge is 0.243 e. The van der Waals surface area contributed by atoms with Crippen molar-refractivity contribution in [3.8, 4) is 0 Å². The first-order valence-electron chi connectivity index (χ1n) is 12.1. The van der Waals surface area contributed by atoms with Gasteiger partial charge in [0.2, 0.25) is 11.8 Å². The first-order chi connectivity index (χ1) is 16.7. The van der Waals surface area contributed by atoms with E-state index in [1.807, 2.05) is 80.6 Å². The van der Waals surface area contributed by atoms with Crippen LogP contribution in [0.4, 0.5) is 0 Å². The van der Waals surface area contributed by atoms with E-state index in [0.29, 0.717) is 30.5 Å². The third-order valence-corrected chi connectivity index (χ3v) is 6.32. The first-order valence-corrected chi connectivity index (χ1v) is 12.5. The maximum absolute atomic E-state index is 13.8. The van der Waals surface area contributed by atoms with Gasteiger partial charge in [-0.05, 0) is 54.2 Å². The summed E-state index contributed by atoms with van der Waals surface area (Å²) in [5.74, 6) is 0.104. The van der Waals surface area contributed by atoms with Gasteiger partial charge < -0.3 is 10.2 Å². The van der Waals surface area contributed by atoms with Gasteiger partial charge in [-0.1, -0.05) is 91.7 Å². The zero-order valence-corrected chi connectivity index (χ0v) is 21.8. The van der Waals surface area contributed by atoms with Crippen molar-refractivity contribution in [2.75, 3.05) is 6.54 Å². The van der Waals surface area contributed by atoms with Crippen LogP contribution in [0.2, 0.25) is 5.02 Å². The molecule has 1 unspecified atom stereocenters. The molecule has 0 radical (unpaired) electrons. The zero-order chi connectivity index (χ0) is 25.4. The SMILES string of the molecule is Cc1ccc(C)c(CC(=O)N(Cc2ccc(Cl)cc2)C(Cc2ccccc2)C(=O)NCC(C)C)c1. The van der Waals surface area contributed by atoms with Gasteiger partial charge in [-0.25, -0.2) is 0 Å². The third kappa shape index (κ3) is 7.97. The number of nitrogens with zero attached hydrogens (tertiary/aromatic N) is 1. The Morgan fingerprint density at radius 1 is 0.914 bits per heavy atom. The number of rotatable bonds is 10. The van der Waals surface area contributed by atoms with E-state index in [0.717, 1.165) is 27.8 Å². The fraction of sp³-hybridized carbons (Fsp3) is 0.333. The first kappa shape index (κ1) is 26.5. The lowest BCUT2D eigenvalue weighted by molar-refractivity contribution is -0.140. The second kappa shape index (κ2) is 12.6. The minimum Gasteiger partial charge on any atom is -0.354 e. The van der Waals surface area contributed by atoms with Gasteiger partial charge in [-0.15, -0.1) is 0 Å². The molecule has 3 aromatic carbocycles. The molecule has 0 saturated heterocycles. The Morgan fingerprint density at radius 3 is 2.26 bits per heavy atom. The van der Waals surface area contributed by atoms with Gasteiger partial charge in [-0.2, -0.15) is 0 Å². The lowest BCUT2D eigenvalue weighted by Gasteiger charge is -2.32. The van der Waals surface area contributed by atoms with Gasteiger partial charge >= 0.3 is 0 Å². The number of carbonyl (C=O) groups is 2. The standard InChI is InChI=1S/C30H35ClN2O2/c1-21(2)19-32-30(35)28(17-24-8-6-5-7-9-24)33(20-25-12-14-27(31)15-13-25)29(34)18-26-16-22(3)10-11-23(26)4/h5-16,21,28H,17-20H2,1-4H3,(H,32,35). The van der Waals surface area contributed by atoms with Crippen molar-refractivity contribution in [2.45, 2.75) is 53.1 Å². The number of nitrogens with one attached hydrogen (secondary N) is 1. The van der Waals surface area contributed by atoms with Crippen molar-refractivity contribution in [1.82, 2.24) is 10.2 Å². The highest BCUT2D eigenvalue weighted by molar-refractivity contribution is 6.30. The van der Waals surface area contributed by atoms with Gasteiger partial charge in [0.25, 0.3) is 0 Å². The maximum Gasteiger partial charge on any atom is 0.243 e. The number of aryl methyl sites for hydroxylation is 2. The second-order valence-corrected chi connectivity index (χ2v) is 10.0. The highest BCUT2D eigenvalue weighted by Gasteiger charge is 2.30. The molecule has 0 aromatic heterocycles. The summed E-state index contributed by atoms with van der Waals surface area (Å²) in [5, 5.41) is 3.70. The van der Waals surface area contributed by atoms with Gasteiger partial charge in [0.15, 0.2) is 0 Å². The van der Waals surface area contributed by atoms with E-state index >= 15 is 0 Å². The molecule has 0 aliphatic carbocycles. The molecule has 5 heteroatoms. The molecule has 1 atom stereocenters. The van der Waals surface area contributed by atoms with E-state index in [-0.39, 0.29) is 18.2 Å². The molecule has 0 aliphatic rings. The summed E-state index contributed by atoms with van der Waals surface area (Å²) in [5.41, 5.74) is 5.10. The number of hydrogen-bond acceptors (Lipinski definition) is 2. The van der Waals surface area contributed by atoms with Crippen LogP contribution >= 0.6 is 11.6 Å². The normalized spacial score (nSPS) is 11.8. The minimum absolute atomic E-state index is 0.0747. The molecular weight excluding hydrogens is 456 g/mol. The summed E-state index contributed by atoms with van der Waals surface area (Å²) in [6.45, 7) is 9.05. The Bertz CT molecular complexity index is 1130. The van der Waals surface area contributed by atoms with E-state index < -0.39 is 6.04 Å². The fourth-order valence-electron chi connectivity index (χ4n) is 4.02. The predicted molar refractivity (Wildman–Crippen MR) is 143 cm³/mol. The Balaban J connectivity index is 1.97. The Kier molecular flexibility index (Phi) is 9.50. The largest absolute Gasteiger partial charge is 0.354 e. The Labute approximate surface area is 214 Å². The summed E-state index contributed by atoms with van der Waals surface area (Å²) in [6, 6.07) is 22.8. The summed E-state index contributed by atoms with van der Waals surface area (Å²) >= 11 is 6.10. The number of amides is 2. The average Bonchev–Trinajstić information content (AvgIpc) is 2.83. The molecule has 3 aromatic rings. The fourth-order valence-corrected chi connectivity index (χ4v) is 4.14. The van der Waals surface area contributed by atoms with Crippen molar-refractivity contribution in [3.05, 3.63) is 106 Å². The average molecular weight is 491 g/mol. The van der Waals surface area contributed by atoms with Crippen LogP contribution in [0.5, 0.6) is 0 Å². The molecule has 35 heavy (non-hydrogen) atoms. The summed E-state index contributed by atoms with van der Waals surface area (Å²) in [7, 11) is 0. The number of carbonyl (C=O) groups excluding carboxylic acids is 2. The Morgan fingerprint density at radius 2 is 1.60 bits per heavy atom. The van der Waals surface area contributed by atoms with Crippen LogP contribution in [-0.2, 0) is 29.0 Å². The molecule has 184 valence electrons. The monoisotopic (exact) mass is 490 g/mol. The summed E-state index contributed by atoms with van der Waals surface area (Å²) < 4.78 is 0. The van der Waals surface area contributed by atoms with E-state index in [9.17, 15) is 9.59 Å². The molecular formula is C30H35ClN2O2. The third-order valence-electron chi connectivity index (χ3n) is 6.07. The van der Waals surface area contributed by atoms with Crippen molar-refractivity contribution >= 4 is 23.4 Å². The van der Waals surface area contributed by atoms with Crippen molar-refractivity contribution in [1.29, 1.82) is 0 Å². The van der Waals surface area contributed by atoms with Gasteiger partial charge in [0.1, 0.15) is 6.04 Å². The summed E-state index contributed by atoms with van der Waals surface area (Å²) in [6.07, 6.45) is 0.681. The molecule has 3 rings (SSSR count). The highest BCUT2D eigenvalue weighted by atomic mass is 35.5. The topological polar surface area (TPSA) is 49.4 Å². The van der Waals surface area contributed by atoms with E-state index in [4.69, 9.17) is 11.6 Å². The van der Waals surface area contributed by atoms with Crippen LogP contribution < -0.4 is 5.32 Å². The van der Waals surface area contributed by atoms with Crippen LogP contribution in [0.3, 0.4) is 0 Å². The summed E-state index contributed by atoms with van der Waals surface area (Å²) in [4.78, 5) is 29.1. The lowest BCUT2D eigenvalue weighted by Crippen LogP contribution is -2.51. The van der Waals surface area contributed by atoms with Gasteiger partial charge in [-0.3, -0.25) is 9.59 Å². The van der Waals surface area contributed by atoms with E-state index in [1.54, 1.807) is 4.90 Å². The van der Waals surface area contributed by atoms with E-state index in [2.05, 4.69) is 25.2 Å². The van der Waals surface area contributed by atoms with E-state index in [1.165, 1.54) is 0 Å². The zero-order valence-electron chi connectivity index (χ0n) is 21.1. The predicted octanol–water partition coefficient (Wildman–Crippen LogP) is 5.91. The highest BCUT2D eigenvalue weighted by Crippen LogP contribution is 2.19. The van der Waals surface area contributed by atoms with Gasteiger partial charge in [0, 0.05) is 24.5 Å². The van der Waals surface area contributed by atoms with Crippen molar-refractivity contribution in [3.63, 3.8) is 0 Å². The second-order valence-electron chi connectivity index (χ2n) is 9.60. The van der Waals surface area contributed by atoms with Crippen molar-refractivity contribution in [2.24, 2.45) is 5.92 Å². The van der Waals surface area contributed by atoms with Crippen LogP contribution in [0.1, 0.15) is 41.7 Å². The number of halogens is 1. The maximum atomic E-state index is 13.8. The number of benzene rings is 3. The lowest BCUT2D eigenvalue weighted by atomic mass is 9.99. The van der Waals surface area contributed by atoms with Crippen LogP contribution in [0.15, 0.2) is 72.8 Å². The Hall–Kier alpha value is -3.11. The van der Waals surface area contributed by atoms with Crippen molar-refractivity contribution < 1.29 is 9.59 Å². The van der Waals surface area contributed by atoms with Gasteiger partial charge in [0.05, 0.1) is 6.42 Å². The molecule has 1 N–H and O–H groups in total. The molecule has 0 aliphatic heterocycles. The van der Waals surface area contributed by atoms with Crippen LogP contribution in [0.25, 0.3) is 0 Å². The van der Waals surface area contributed by atoms with Crippen LogP contribution in [0, 0.1) is 19.8 Å². The van der Waals surface area contributed by atoms with Crippen LogP contribution in [-0.4, -0.2) is 29.3 Å². The molecule has 4 nitrogen and oxygen atoms in total. The molecule has 2 amide bonds.